The van der Waals surface area contributed by atoms with Crippen LogP contribution >= 0.6 is 15.6 Å². The van der Waals surface area contributed by atoms with Crippen LogP contribution in [0.25, 0.3) is 0 Å². The van der Waals surface area contributed by atoms with Crippen LogP contribution in [0.15, 0.2) is 0 Å². The van der Waals surface area contributed by atoms with Crippen molar-refractivity contribution < 1.29 is 80.2 Å². The molecule has 0 aliphatic carbocycles. The Morgan fingerprint density at radius 3 is 0.738 bits per heavy atom. The van der Waals surface area contributed by atoms with Crippen molar-refractivity contribution in [1.29, 1.82) is 0 Å². The first-order valence-corrected chi connectivity index (χ1v) is 46.5. The molecule has 0 aromatic rings. The molecule has 0 bridgehead atoms. The summed E-state index contributed by atoms with van der Waals surface area (Å²) in [6, 6.07) is 0. The topological polar surface area (TPSA) is 237 Å². The van der Waals surface area contributed by atoms with Crippen LogP contribution in [0.3, 0.4) is 0 Å². The van der Waals surface area contributed by atoms with Crippen LogP contribution in [0.2, 0.25) is 0 Å². The van der Waals surface area contributed by atoms with E-state index in [4.69, 9.17) is 37.0 Å². The van der Waals surface area contributed by atoms with Gasteiger partial charge in [0.15, 0.2) is 12.2 Å². The molecule has 0 aromatic heterocycles. The minimum Gasteiger partial charge on any atom is -0.462 e. The minimum atomic E-state index is -4.96. The highest BCUT2D eigenvalue weighted by Crippen LogP contribution is 2.45. The lowest BCUT2D eigenvalue weighted by Gasteiger charge is -2.21. The first-order valence-electron chi connectivity index (χ1n) is 43.5. The Labute approximate surface area is 632 Å². The summed E-state index contributed by atoms with van der Waals surface area (Å²) in [5.41, 5.74) is 0. The van der Waals surface area contributed by atoms with Crippen LogP contribution in [0.5, 0.6) is 0 Å². The molecule has 6 atom stereocenters. The van der Waals surface area contributed by atoms with E-state index in [0.29, 0.717) is 25.7 Å². The van der Waals surface area contributed by atoms with Gasteiger partial charge in [-0.05, 0) is 37.5 Å². The molecule has 19 heteroatoms. The van der Waals surface area contributed by atoms with Crippen molar-refractivity contribution in [2.75, 3.05) is 39.6 Å². The molecule has 3 unspecified atom stereocenters. The van der Waals surface area contributed by atoms with Gasteiger partial charge in [-0.15, -0.1) is 0 Å². The zero-order chi connectivity index (χ0) is 75.6. The van der Waals surface area contributed by atoms with Crippen molar-refractivity contribution in [2.45, 2.75) is 464 Å². The summed E-state index contributed by atoms with van der Waals surface area (Å²) in [6.07, 6.45) is 66.9. The molecule has 0 saturated carbocycles. The zero-order valence-electron chi connectivity index (χ0n) is 67.6. The number of hydrogen-bond acceptors (Lipinski definition) is 15. The van der Waals surface area contributed by atoms with Crippen LogP contribution in [-0.2, 0) is 65.4 Å². The molecule has 612 valence electrons. The highest BCUT2D eigenvalue weighted by Gasteiger charge is 2.30. The van der Waals surface area contributed by atoms with E-state index < -0.39 is 97.5 Å². The largest absolute Gasteiger partial charge is 0.472 e. The van der Waals surface area contributed by atoms with Crippen molar-refractivity contribution in [3.8, 4) is 0 Å². The standard InChI is InChI=1S/C84H164O17P2/c1-7-10-12-14-16-17-18-19-20-21-22-23-24-28-31-34-37-43-49-55-61-67-82(87)95-73-80(101-83(88)68-62-56-50-44-38-35-32-29-26-25-27-30-33-36-41-47-52-58-64-76(4)5)75-99-103(92,93)97-71-78(85)70-96-102(90,91)98-74-79(72-94-81(86)66-60-54-46-15-13-11-8-2)100-84(89)69-63-57-51-45-40-39-42-48-53-59-65-77(6)9-3/h76-80,85H,7-75H2,1-6H3,(H,90,91)(H,92,93)/t77?,78-,79+,80+/m0/s1. The van der Waals surface area contributed by atoms with Crippen molar-refractivity contribution in [3.05, 3.63) is 0 Å². The first kappa shape index (κ1) is 101. The lowest BCUT2D eigenvalue weighted by molar-refractivity contribution is -0.161. The molecule has 17 nitrogen and oxygen atoms in total. The van der Waals surface area contributed by atoms with Crippen LogP contribution in [0, 0.1) is 11.8 Å². The molecule has 0 rings (SSSR count). The maximum absolute atomic E-state index is 13.1. The summed E-state index contributed by atoms with van der Waals surface area (Å²) < 4.78 is 68.7. The van der Waals surface area contributed by atoms with Crippen LogP contribution < -0.4 is 0 Å². The maximum Gasteiger partial charge on any atom is 0.472 e. The quantitative estimate of drug-likeness (QED) is 0.0222. The van der Waals surface area contributed by atoms with Crippen LogP contribution in [0.4, 0.5) is 0 Å². The number of hydrogen-bond donors (Lipinski definition) is 3. The second-order valence-electron chi connectivity index (χ2n) is 30.9. The Morgan fingerprint density at radius 1 is 0.282 bits per heavy atom. The first-order chi connectivity index (χ1) is 49.9. The van der Waals surface area contributed by atoms with Gasteiger partial charge >= 0.3 is 39.5 Å². The third-order valence-electron chi connectivity index (χ3n) is 20.1. The second kappa shape index (κ2) is 75.5. The predicted molar refractivity (Wildman–Crippen MR) is 423 cm³/mol. The lowest BCUT2D eigenvalue weighted by atomic mass is 9.99. The number of carbonyl (C=O) groups is 4. The average Bonchev–Trinajstić information content (AvgIpc) is 0.935. The Kier molecular flexibility index (Phi) is 74.1. The SMILES string of the molecule is CCCCCCCCCCCCCCCCCCCCCCCC(=O)OC[C@H](COP(=O)(O)OC[C@@H](O)COP(=O)(O)OC[C@@H](COC(=O)CCCCCCCCC)OC(=O)CCCCCCCCCCCCC(C)CC)OC(=O)CCCCCCCCCCCCCCCCCCCCC(C)C. The number of phosphoric acid groups is 2. The molecule has 0 amide bonds. The third kappa shape index (κ3) is 76.6. The van der Waals surface area contributed by atoms with E-state index in [2.05, 4.69) is 41.5 Å². The number of ether oxygens (including phenoxy) is 4. The normalized spacial score (nSPS) is 14.1. The Bertz CT molecular complexity index is 1980. The van der Waals surface area contributed by atoms with Crippen molar-refractivity contribution in [2.24, 2.45) is 11.8 Å². The van der Waals surface area contributed by atoms with Gasteiger partial charge in [-0.25, -0.2) is 9.13 Å². The number of aliphatic hydroxyl groups is 1. The van der Waals surface area contributed by atoms with Crippen molar-refractivity contribution >= 4 is 39.5 Å². The highest BCUT2D eigenvalue weighted by molar-refractivity contribution is 7.47. The van der Waals surface area contributed by atoms with Gasteiger partial charge in [0, 0.05) is 25.7 Å². The number of esters is 4. The summed E-state index contributed by atoms with van der Waals surface area (Å²) in [7, 11) is -9.92. The van der Waals surface area contributed by atoms with Gasteiger partial charge in [0.05, 0.1) is 26.4 Å². The molecule has 0 radical (unpaired) electrons. The molecule has 0 aromatic carbocycles. The summed E-state index contributed by atoms with van der Waals surface area (Å²) in [4.78, 5) is 73.0. The van der Waals surface area contributed by atoms with Gasteiger partial charge in [0.25, 0.3) is 0 Å². The molecular formula is C84H164O17P2. The highest BCUT2D eigenvalue weighted by atomic mass is 31.2. The number of phosphoric ester groups is 2. The van der Waals surface area contributed by atoms with Crippen LogP contribution in [0.1, 0.15) is 446 Å². The lowest BCUT2D eigenvalue weighted by Crippen LogP contribution is -2.30. The fourth-order valence-corrected chi connectivity index (χ4v) is 14.6. The number of carbonyl (C=O) groups excluding carboxylic acids is 4. The molecule has 0 fully saturated rings. The van der Waals surface area contributed by atoms with E-state index in [1.807, 2.05) is 0 Å². The van der Waals surface area contributed by atoms with E-state index in [0.717, 1.165) is 115 Å². The Hall–Kier alpha value is -1.94. The molecule has 0 spiro atoms. The molecule has 0 saturated heterocycles. The van der Waals surface area contributed by atoms with Crippen molar-refractivity contribution in [3.63, 3.8) is 0 Å². The molecule has 0 aliphatic rings. The fourth-order valence-electron chi connectivity index (χ4n) is 13.0. The number of unbranched alkanes of at least 4 members (excludes halogenated alkanes) is 52. The summed E-state index contributed by atoms with van der Waals surface area (Å²) >= 11 is 0. The molecule has 103 heavy (non-hydrogen) atoms. The van der Waals surface area contributed by atoms with Crippen molar-refractivity contribution in [1.82, 2.24) is 0 Å². The smallest absolute Gasteiger partial charge is 0.462 e. The zero-order valence-corrected chi connectivity index (χ0v) is 69.4. The van der Waals surface area contributed by atoms with Gasteiger partial charge in [-0.3, -0.25) is 37.3 Å². The Balaban J connectivity index is 5.16. The summed E-state index contributed by atoms with van der Waals surface area (Å²) in [5, 5.41) is 10.6. The van der Waals surface area contributed by atoms with Gasteiger partial charge in [-0.1, -0.05) is 395 Å². The van der Waals surface area contributed by atoms with E-state index in [-0.39, 0.29) is 25.7 Å². The Morgan fingerprint density at radius 2 is 0.495 bits per heavy atom. The monoisotopic (exact) mass is 1510 g/mol. The van der Waals surface area contributed by atoms with Gasteiger partial charge < -0.3 is 33.8 Å². The van der Waals surface area contributed by atoms with E-state index >= 15 is 0 Å². The average molecular weight is 1510 g/mol. The molecular weight excluding hydrogens is 1340 g/mol. The van der Waals surface area contributed by atoms with E-state index in [1.165, 1.54) is 250 Å². The van der Waals surface area contributed by atoms with E-state index in [9.17, 15) is 43.2 Å². The van der Waals surface area contributed by atoms with Gasteiger partial charge in [0.2, 0.25) is 0 Å². The van der Waals surface area contributed by atoms with Gasteiger partial charge in [0.1, 0.15) is 19.3 Å². The summed E-state index contributed by atoms with van der Waals surface area (Å²) in [6.45, 7) is 9.66. The van der Waals surface area contributed by atoms with Gasteiger partial charge in [-0.2, -0.15) is 0 Å². The summed E-state index contributed by atoms with van der Waals surface area (Å²) in [5.74, 6) is -0.488. The minimum absolute atomic E-state index is 0.106. The fraction of sp³-hybridized carbons (Fsp3) is 0.952. The molecule has 0 aliphatic heterocycles. The maximum atomic E-state index is 13.1. The predicted octanol–water partition coefficient (Wildman–Crippen LogP) is 25.5. The molecule has 3 N–H and O–H groups in total. The second-order valence-corrected chi connectivity index (χ2v) is 33.8. The molecule has 0 heterocycles. The van der Waals surface area contributed by atoms with Crippen LogP contribution in [-0.4, -0.2) is 96.7 Å². The number of aliphatic hydroxyl groups excluding tert-OH is 1. The third-order valence-corrected chi connectivity index (χ3v) is 22.0. The number of rotatable bonds is 83. The van der Waals surface area contributed by atoms with E-state index in [1.54, 1.807) is 0 Å².